The van der Waals surface area contributed by atoms with Crippen molar-refractivity contribution in [3.8, 4) is 5.75 Å². The molecule has 0 spiro atoms. The zero-order valence-corrected chi connectivity index (χ0v) is 16.0. The fourth-order valence-electron chi connectivity index (χ4n) is 2.20. The van der Waals surface area contributed by atoms with Crippen LogP contribution in [0.5, 0.6) is 5.75 Å². The second kappa shape index (κ2) is 8.82. The normalized spacial score (nSPS) is 12.4. The number of carbonyl (C=O) groups is 1. The summed E-state index contributed by atoms with van der Waals surface area (Å²) in [6, 6.07) is 13.1. The molecule has 1 atom stereocenters. The summed E-state index contributed by atoms with van der Waals surface area (Å²) in [4.78, 5) is 12.2. The number of nitrogens with one attached hydrogen (secondary N) is 2. The van der Waals surface area contributed by atoms with E-state index in [4.69, 9.17) is 4.74 Å². The molecule has 2 N–H and O–H groups in total. The van der Waals surface area contributed by atoms with Crippen LogP contribution < -0.4 is 14.8 Å². The van der Waals surface area contributed by atoms with Crippen molar-refractivity contribution < 1.29 is 17.9 Å². The summed E-state index contributed by atoms with van der Waals surface area (Å²) in [6.45, 7) is 4.09. The van der Waals surface area contributed by atoms with Gasteiger partial charge in [-0.1, -0.05) is 19.1 Å². The molecule has 0 aliphatic heterocycles. The third-order valence-corrected chi connectivity index (χ3v) is 5.46. The van der Waals surface area contributed by atoms with Crippen LogP contribution in [0.1, 0.15) is 36.2 Å². The lowest BCUT2D eigenvalue weighted by atomic mass is 10.1. The Morgan fingerprint density at radius 1 is 1.08 bits per heavy atom. The van der Waals surface area contributed by atoms with E-state index < -0.39 is 10.0 Å². The Kier molecular flexibility index (Phi) is 6.76. The first-order chi connectivity index (χ1) is 12.4. The van der Waals surface area contributed by atoms with Gasteiger partial charge < -0.3 is 10.1 Å². The first kappa shape index (κ1) is 19.9. The van der Waals surface area contributed by atoms with Crippen molar-refractivity contribution in [2.45, 2.75) is 37.8 Å². The lowest BCUT2D eigenvalue weighted by Crippen LogP contribution is -2.31. The summed E-state index contributed by atoms with van der Waals surface area (Å²) in [5.74, 6) is 0.458. The van der Waals surface area contributed by atoms with Gasteiger partial charge in [0.25, 0.3) is 5.91 Å². The minimum absolute atomic E-state index is 0.110. The van der Waals surface area contributed by atoms with Crippen LogP contribution in [0.2, 0.25) is 0 Å². The molecule has 0 aliphatic carbocycles. The van der Waals surface area contributed by atoms with Gasteiger partial charge in [-0.3, -0.25) is 4.79 Å². The molecule has 0 heterocycles. The van der Waals surface area contributed by atoms with Crippen molar-refractivity contribution in [3.63, 3.8) is 0 Å². The maximum absolute atomic E-state index is 12.3. The second-order valence-electron chi connectivity index (χ2n) is 5.98. The van der Waals surface area contributed by atoms with Gasteiger partial charge in [-0.15, -0.1) is 0 Å². The number of sulfonamides is 1. The molecule has 26 heavy (non-hydrogen) atoms. The predicted octanol–water partition coefficient (Wildman–Crippen LogP) is 2.70. The van der Waals surface area contributed by atoms with Crippen molar-refractivity contribution in [2.24, 2.45) is 0 Å². The maximum Gasteiger partial charge on any atom is 0.251 e. The van der Waals surface area contributed by atoms with Crippen molar-refractivity contribution in [2.75, 3.05) is 7.11 Å². The zero-order valence-electron chi connectivity index (χ0n) is 15.2. The van der Waals surface area contributed by atoms with Crippen LogP contribution in [0.3, 0.4) is 0 Å². The fourth-order valence-corrected chi connectivity index (χ4v) is 3.22. The van der Waals surface area contributed by atoms with Crippen LogP contribution in [-0.4, -0.2) is 27.5 Å². The monoisotopic (exact) mass is 376 g/mol. The number of benzene rings is 2. The third-order valence-electron chi connectivity index (χ3n) is 4.04. The molecule has 140 valence electrons. The molecular weight excluding hydrogens is 352 g/mol. The molecule has 0 saturated heterocycles. The third kappa shape index (κ3) is 5.31. The van der Waals surface area contributed by atoms with Gasteiger partial charge >= 0.3 is 0 Å². The van der Waals surface area contributed by atoms with E-state index in [-0.39, 0.29) is 23.4 Å². The van der Waals surface area contributed by atoms with E-state index in [1.807, 2.05) is 13.8 Å². The first-order valence-electron chi connectivity index (χ1n) is 8.39. The molecular formula is C19H24N2O4S. The summed E-state index contributed by atoms with van der Waals surface area (Å²) >= 11 is 0. The van der Waals surface area contributed by atoms with Gasteiger partial charge in [0.1, 0.15) is 5.75 Å². The predicted molar refractivity (Wildman–Crippen MR) is 101 cm³/mol. The van der Waals surface area contributed by atoms with Crippen LogP contribution >= 0.6 is 0 Å². The van der Waals surface area contributed by atoms with Crippen LogP contribution in [-0.2, 0) is 16.6 Å². The van der Waals surface area contributed by atoms with Gasteiger partial charge in [-0.2, -0.15) is 0 Å². The number of amides is 1. The Morgan fingerprint density at radius 3 is 2.23 bits per heavy atom. The molecule has 0 fully saturated rings. The Bertz CT molecular complexity index is 831. The number of carbonyl (C=O) groups excluding carboxylic acids is 1. The molecule has 7 heteroatoms. The average molecular weight is 376 g/mol. The highest BCUT2D eigenvalue weighted by atomic mass is 32.2. The van der Waals surface area contributed by atoms with Gasteiger partial charge in [0.15, 0.2) is 0 Å². The van der Waals surface area contributed by atoms with Crippen molar-refractivity contribution in [1.82, 2.24) is 10.0 Å². The Hall–Kier alpha value is -2.38. The highest BCUT2D eigenvalue weighted by Gasteiger charge is 2.14. The van der Waals surface area contributed by atoms with Crippen LogP contribution in [0, 0.1) is 0 Å². The molecule has 0 bridgehead atoms. The Balaban J connectivity index is 1.99. The van der Waals surface area contributed by atoms with Crippen LogP contribution in [0.4, 0.5) is 0 Å². The molecule has 0 radical (unpaired) electrons. The second-order valence-corrected chi connectivity index (χ2v) is 7.75. The first-order valence-corrected chi connectivity index (χ1v) is 9.87. The van der Waals surface area contributed by atoms with Crippen molar-refractivity contribution >= 4 is 15.9 Å². The van der Waals surface area contributed by atoms with Gasteiger partial charge in [0.2, 0.25) is 10.0 Å². The van der Waals surface area contributed by atoms with E-state index in [0.29, 0.717) is 11.3 Å². The summed E-state index contributed by atoms with van der Waals surface area (Å²) in [5, 5.41) is 2.89. The molecule has 6 nitrogen and oxygen atoms in total. The highest BCUT2D eigenvalue weighted by Crippen LogP contribution is 2.15. The molecule has 0 aliphatic rings. The highest BCUT2D eigenvalue weighted by molar-refractivity contribution is 7.89. The Labute approximate surface area is 154 Å². The van der Waals surface area contributed by atoms with Gasteiger partial charge in [0.05, 0.1) is 12.0 Å². The number of rotatable bonds is 8. The molecule has 1 unspecified atom stereocenters. The number of methoxy groups -OCH3 is 1. The largest absolute Gasteiger partial charge is 0.497 e. The van der Waals surface area contributed by atoms with E-state index in [1.54, 1.807) is 36.4 Å². The topological polar surface area (TPSA) is 84.5 Å². The van der Waals surface area contributed by atoms with Gasteiger partial charge in [-0.05, 0) is 55.3 Å². The number of hydrogen-bond donors (Lipinski definition) is 2. The Morgan fingerprint density at radius 2 is 1.69 bits per heavy atom. The van der Waals surface area contributed by atoms with Gasteiger partial charge in [0, 0.05) is 18.2 Å². The number of ether oxygens (including phenoxy) is 1. The van der Waals surface area contributed by atoms with Crippen molar-refractivity contribution in [1.29, 1.82) is 0 Å². The van der Waals surface area contributed by atoms with E-state index in [2.05, 4.69) is 10.0 Å². The van der Waals surface area contributed by atoms with E-state index in [9.17, 15) is 13.2 Å². The lowest BCUT2D eigenvalue weighted by molar-refractivity contribution is 0.0939. The molecule has 1 amide bonds. The maximum atomic E-state index is 12.3. The van der Waals surface area contributed by atoms with Crippen LogP contribution in [0.15, 0.2) is 53.4 Å². The molecule has 2 aromatic rings. The van der Waals surface area contributed by atoms with E-state index in [0.717, 1.165) is 12.0 Å². The lowest BCUT2D eigenvalue weighted by Gasteiger charge is -2.12. The minimum atomic E-state index is -3.61. The quantitative estimate of drug-likeness (QED) is 0.742. The SMILES string of the molecule is CCC(C)NC(=O)c1ccc(CNS(=O)(=O)c2ccc(OC)cc2)cc1. The summed E-state index contributed by atoms with van der Waals surface area (Å²) < 4.78 is 32.2. The summed E-state index contributed by atoms with van der Waals surface area (Å²) in [6.07, 6.45) is 0.858. The van der Waals surface area contributed by atoms with Gasteiger partial charge in [-0.25, -0.2) is 13.1 Å². The summed E-state index contributed by atoms with van der Waals surface area (Å²) in [7, 11) is -2.09. The number of hydrogen-bond acceptors (Lipinski definition) is 4. The standard InChI is InChI=1S/C19H24N2O4S/c1-4-14(2)21-19(22)16-7-5-15(6-8-16)13-20-26(23,24)18-11-9-17(25-3)10-12-18/h5-12,14,20H,4,13H2,1-3H3,(H,21,22). The smallest absolute Gasteiger partial charge is 0.251 e. The minimum Gasteiger partial charge on any atom is -0.497 e. The van der Waals surface area contributed by atoms with Crippen LogP contribution in [0.25, 0.3) is 0 Å². The zero-order chi connectivity index (χ0) is 19.2. The average Bonchev–Trinajstić information content (AvgIpc) is 2.66. The summed E-state index contributed by atoms with van der Waals surface area (Å²) in [5.41, 5.74) is 1.31. The van der Waals surface area contributed by atoms with E-state index in [1.165, 1.54) is 19.2 Å². The molecule has 2 rings (SSSR count). The van der Waals surface area contributed by atoms with Crippen molar-refractivity contribution in [3.05, 3.63) is 59.7 Å². The van der Waals surface area contributed by atoms with E-state index >= 15 is 0 Å². The fraction of sp³-hybridized carbons (Fsp3) is 0.316. The molecule has 2 aromatic carbocycles. The molecule has 0 aromatic heterocycles. The molecule has 0 saturated carbocycles.